The standard InChI is InChI=1S/C23H28N2O2Si/c1-4-26-22-17-24-23(27-5-2)21(25-22)18-28(6-3,19-13-9-7-10-14-19)20-15-11-8-12-16-20/h6-16,21H,3-5,17-18H2,1-2H3/t21-/m1/s1. The van der Waals surface area contributed by atoms with E-state index in [-0.39, 0.29) is 6.04 Å². The molecule has 4 nitrogen and oxygen atoms in total. The lowest BCUT2D eigenvalue weighted by molar-refractivity contribution is 0.296. The molecule has 0 N–H and O–H groups in total. The van der Waals surface area contributed by atoms with E-state index in [9.17, 15) is 0 Å². The molecule has 0 saturated heterocycles. The SMILES string of the molecule is C=C[Si](C[C@H]1N=C(OCC)CN=C1OCC)(c1ccccc1)c1ccccc1. The molecule has 0 radical (unpaired) electrons. The quantitative estimate of drug-likeness (QED) is 0.679. The lowest BCUT2D eigenvalue weighted by atomic mass is 10.3. The van der Waals surface area contributed by atoms with E-state index in [0.717, 1.165) is 6.04 Å². The number of hydrogen-bond donors (Lipinski definition) is 0. The fourth-order valence-corrected chi connectivity index (χ4v) is 7.58. The Kier molecular flexibility index (Phi) is 6.82. The second-order valence-electron chi connectivity index (χ2n) is 6.67. The van der Waals surface area contributed by atoms with Gasteiger partial charge >= 0.3 is 0 Å². The summed E-state index contributed by atoms with van der Waals surface area (Å²) in [6, 6.07) is 21.9. The van der Waals surface area contributed by atoms with Gasteiger partial charge in [0.25, 0.3) is 0 Å². The van der Waals surface area contributed by atoms with E-state index < -0.39 is 8.07 Å². The van der Waals surface area contributed by atoms with Gasteiger partial charge in [0, 0.05) is 0 Å². The fraction of sp³-hybridized carbons (Fsp3) is 0.304. The summed E-state index contributed by atoms with van der Waals surface area (Å²) in [5.74, 6) is 1.39. The summed E-state index contributed by atoms with van der Waals surface area (Å²) in [6.45, 7) is 9.84. The van der Waals surface area contributed by atoms with Crippen LogP contribution in [0.5, 0.6) is 0 Å². The van der Waals surface area contributed by atoms with Crippen LogP contribution in [-0.2, 0) is 9.47 Å². The summed E-state index contributed by atoms with van der Waals surface area (Å²) < 4.78 is 11.5. The molecule has 2 aromatic rings. The third-order valence-corrected chi connectivity index (χ3v) is 9.45. The van der Waals surface area contributed by atoms with Crippen LogP contribution in [0.25, 0.3) is 0 Å². The Labute approximate surface area is 168 Å². The molecule has 28 heavy (non-hydrogen) atoms. The Balaban J connectivity index is 2.06. The smallest absolute Gasteiger partial charge is 0.209 e. The molecule has 5 heteroatoms. The van der Waals surface area contributed by atoms with Crippen LogP contribution in [0.3, 0.4) is 0 Å². The molecule has 0 fully saturated rings. The normalized spacial score (nSPS) is 16.7. The lowest BCUT2D eigenvalue weighted by Crippen LogP contribution is -2.59. The predicted octanol–water partition coefficient (Wildman–Crippen LogP) is 3.23. The van der Waals surface area contributed by atoms with E-state index in [1.807, 2.05) is 13.8 Å². The number of rotatable bonds is 7. The van der Waals surface area contributed by atoms with Gasteiger partial charge in [-0.15, -0.1) is 6.58 Å². The highest BCUT2D eigenvalue weighted by atomic mass is 28.3. The van der Waals surface area contributed by atoms with Crippen LogP contribution in [0.1, 0.15) is 13.8 Å². The minimum atomic E-state index is -2.29. The third-order valence-electron chi connectivity index (χ3n) is 5.00. The summed E-state index contributed by atoms with van der Waals surface area (Å²) in [7, 11) is -2.29. The molecule has 1 atom stereocenters. The molecular formula is C23H28N2O2Si. The average Bonchev–Trinajstić information content (AvgIpc) is 2.75. The summed E-state index contributed by atoms with van der Waals surface area (Å²) in [5, 5.41) is 2.62. The molecule has 0 bridgehead atoms. The van der Waals surface area contributed by atoms with Crippen molar-refractivity contribution in [2.24, 2.45) is 9.98 Å². The Hall–Kier alpha value is -2.66. The van der Waals surface area contributed by atoms with Gasteiger partial charge in [-0.1, -0.05) is 66.4 Å². The van der Waals surface area contributed by atoms with Gasteiger partial charge in [0.1, 0.15) is 20.7 Å². The summed E-state index contributed by atoms with van der Waals surface area (Å²) in [4.78, 5) is 9.51. The Morgan fingerprint density at radius 2 is 1.54 bits per heavy atom. The number of hydrogen-bond acceptors (Lipinski definition) is 4. The lowest BCUT2D eigenvalue weighted by Gasteiger charge is -2.33. The highest BCUT2D eigenvalue weighted by Gasteiger charge is 2.39. The van der Waals surface area contributed by atoms with Crippen molar-refractivity contribution in [3.63, 3.8) is 0 Å². The van der Waals surface area contributed by atoms with Crippen molar-refractivity contribution in [3.05, 3.63) is 72.9 Å². The number of aliphatic imine (C=N–C) groups is 2. The molecule has 0 unspecified atom stereocenters. The maximum Gasteiger partial charge on any atom is 0.209 e. The number of benzene rings is 2. The van der Waals surface area contributed by atoms with Crippen LogP contribution in [0.15, 0.2) is 82.9 Å². The molecule has 0 spiro atoms. The minimum Gasteiger partial charge on any atom is -0.480 e. The molecule has 0 aliphatic carbocycles. The zero-order chi connectivity index (χ0) is 19.8. The van der Waals surface area contributed by atoms with Gasteiger partial charge in [-0.25, -0.2) is 9.98 Å². The van der Waals surface area contributed by atoms with Crippen molar-refractivity contribution in [1.29, 1.82) is 0 Å². The first-order valence-corrected chi connectivity index (χ1v) is 12.1. The fourth-order valence-electron chi connectivity index (χ4n) is 3.69. The molecule has 2 aromatic carbocycles. The van der Waals surface area contributed by atoms with E-state index in [1.165, 1.54) is 10.4 Å². The van der Waals surface area contributed by atoms with Gasteiger partial charge in [-0.3, -0.25) is 0 Å². The average molecular weight is 393 g/mol. The van der Waals surface area contributed by atoms with Crippen LogP contribution in [-0.4, -0.2) is 45.7 Å². The molecule has 0 saturated carbocycles. The van der Waals surface area contributed by atoms with Crippen molar-refractivity contribution >= 4 is 30.2 Å². The monoisotopic (exact) mass is 392 g/mol. The van der Waals surface area contributed by atoms with E-state index >= 15 is 0 Å². The first kappa shape index (κ1) is 20.1. The maximum atomic E-state index is 5.86. The molecule has 3 rings (SSSR count). The molecule has 146 valence electrons. The first-order chi connectivity index (χ1) is 13.7. The van der Waals surface area contributed by atoms with Crippen LogP contribution in [0.2, 0.25) is 6.04 Å². The van der Waals surface area contributed by atoms with E-state index in [0.29, 0.717) is 31.6 Å². The summed E-state index contributed by atoms with van der Waals surface area (Å²) in [5.41, 5.74) is 2.16. The van der Waals surface area contributed by atoms with Crippen molar-refractivity contribution in [1.82, 2.24) is 0 Å². The van der Waals surface area contributed by atoms with E-state index in [2.05, 4.69) is 77.9 Å². The zero-order valence-electron chi connectivity index (χ0n) is 16.7. The molecule has 0 aromatic heterocycles. The third kappa shape index (κ3) is 4.25. The second-order valence-corrected chi connectivity index (χ2v) is 10.6. The molecule has 1 aliphatic heterocycles. The van der Waals surface area contributed by atoms with Crippen molar-refractivity contribution in [2.45, 2.75) is 25.9 Å². The van der Waals surface area contributed by atoms with E-state index in [1.54, 1.807) is 0 Å². The summed E-state index contributed by atoms with van der Waals surface area (Å²) >= 11 is 0. The maximum absolute atomic E-state index is 5.86. The van der Waals surface area contributed by atoms with Crippen LogP contribution in [0, 0.1) is 0 Å². The molecule has 1 heterocycles. The Morgan fingerprint density at radius 1 is 0.964 bits per heavy atom. The zero-order valence-corrected chi connectivity index (χ0v) is 17.7. The van der Waals surface area contributed by atoms with Gasteiger partial charge < -0.3 is 9.47 Å². The van der Waals surface area contributed by atoms with Gasteiger partial charge in [0.05, 0.1) is 13.2 Å². The topological polar surface area (TPSA) is 43.2 Å². The largest absolute Gasteiger partial charge is 0.480 e. The highest BCUT2D eigenvalue weighted by Crippen LogP contribution is 2.21. The van der Waals surface area contributed by atoms with Gasteiger partial charge in [0.2, 0.25) is 11.8 Å². The Bertz CT molecular complexity index is 795. The van der Waals surface area contributed by atoms with Crippen LogP contribution >= 0.6 is 0 Å². The molecule has 0 amide bonds. The van der Waals surface area contributed by atoms with Crippen molar-refractivity contribution in [3.8, 4) is 0 Å². The van der Waals surface area contributed by atoms with E-state index in [4.69, 9.17) is 14.5 Å². The minimum absolute atomic E-state index is 0.166. The van der Waals surface area contributed by atoms with Gasteiger partial charge in [-0.2, -0.15) is 0 Å². The van der Waals surface area contributed by atoms with Crippen LogP contribution in [0.4, 0.5) is 0 Å². The molecular weight excluding hydrogens is 364 g/mol. The van der Waals surface area contributed by atoms with Gasteiger partial charge in [-0.05, 0) is 30.3 Å². The van der Waals surface area contributed by atoms with Crippen molar-refractivity contribution in [2.75, 3.05) is 19.8 Å². The first-order valence-electron chi connectivity index (χ1n) is 9.84. The number of ether oxygens (including phenoxy) is 2. The Morgan fingerprint density at radius 3 is 2.04 bits per heavy atom. The number of nitrogens with zero attached hydrogens (tertiary/aromatic N) is 2. The van der Waals surface area contributed by atoms with Gasteiger partial charge in [0.15, 0.2) is 0 Å². The van der Waals surface area contributed by atoms with Crippen molar-refractivity contribution < 1.29 is 9.47 Å². The predicted molar refractivity (Wildman–Crippen MR) is 120 cm³/mol. The molecule has 1 aliphatic rings. The highest BCUT2D eigenvalue weighted by molar-refractivity contribution is 7.06. The summed E-state index contributed by atoms with van der Waals surface area (Å²) in [6.07, 6.45) is 0. The van der Waals surface area contributed by atoms with Crippen LogP contribution < -0.4 is 10.4 Å². The second kappa shape index (κ2) is 9.51.